The maximum atomic E-state index is 12.4. The van der Waals surface area contributed by atoms with Crippen molar-refractivity contribution < 1.29 is 14.3 Å². The first kappa shape index (κ1) is 19.4. The van der Waals surface area contributed by atoms with E-state index in [1.807, 2.05) is 30.3 Å². The van der Waals surface area contributed by atoms with Crippen LogP contribution in [0, 0.1) is 6.92 Å². The van der Waals surface area contributed by atoms with Crippen LogP contribution in [-0.2, 0) is 9.53 Å². The molecule has 0 spiro atoms. The van der Waals surface area contributed by atoms with Crippen LogP contribution < -0.4 is 5.32 Å². The molecule has 0 radical (unpaired) electrons. The van der Waals surface area contributed by atoms with E-state index in [9.17, 15) is 9.59 Å². The minimum Gasteiger partial charge on any atom is -0.452 e. The van der Waals surface area contributed by atoms with Gasteiger partial charge >= 0.3 is 5.97 Å². The van der Waals surface area contributed by atoms with Gasteiger partial charge in [0, 0.05) is 6.04 Å². The number of ether oxygens (including phenoxy) is 1. The van der Waals surface area contributed by atoms with E-state index in [-0.39, 0.29) is 29.3 Å². The average Bonchev–Trinajstić information content (AvgIpc) is 2.83. The third-order valence-electron chi connectivity index (χ3n) is 4.76. The molecule has 1 aliphatic rings. The van der Waals surface area contributed by atoms with Gasteiger partial charge in [0.1, 0.15) is 10.7 Å². The number of nitrogens with zero attached hydrogens (tertiary/aromatic N) is 2. The van der Waals surface area contributed by atoms with Gasteiger partial charge < -0.3 is 10.1 Å². The van der Waals surface area contributed by atoms with Crippen molar-refractivity contribution in [2.45, 2.75) is 51.5 Å². The molecule has 1 aromatic heterocycles. The summed E-state index contributed by atoms with van der Waals surface area (Å²) in [7, 11) is 0. The lowest BCUT2D eigenvalue weighted by atomic mass is 10.1. The molecule has 1 amide bonds. The van der Waals surface area contributed by atoms with Crippen LogP contribution in [0.2, 0.25) is 5.15 Å². The summed E-state index contributed by atoms with van der Waals surface area (Å²) in [5.41, 5.74) is 1.39. The number of aromatic nitrogens is 2. The van der Waals surface area contributed by atoms with Crippen LogP contribution in [0.1, 0.15) is 54.6 Å². The molecule has 0 unspecified atom stereocenters. The van der Waals surface area contributed by atoms with E-state index < -0.39 is 5.97 Å². The highest BCUT2D eigenvalue weighted by molar-refractivity contribution is 6.33. The van der Waals surface area contributed by atoms with Gasteiger partial charge in [-0.3, -0.25) is 4.79 Å². The van der Waals surface area contributed by atoms with Gasteiger partial charge in [-0.25, -0.2) is 9.48 Å². The van der Waals surface area contributed by atoms with Gasteiger partial charge in [0.25, 0.3) is 5.91 Å². The number of esters is 1. The maximum absolute atomic E-state index is 12.4. The molecule has 144 valence electrons. The van der Waals surface area contributed by atoms with Gasteiger partial charge in [-0.15, -0.1) is 0 Å². The molecule has 0 aliphatic heterocycles. The minimum atomic E-state index is -0.643. The predicted molar refractivity (Wildman–Crippen MR) is 103 cm³/mol. The number of para-hydroxylation sites is 1. The topological polar surface area (TPSA) is 73.2 Å². The lowest BCUT2D eigenvalue weighted by Gasteiger charge is -2.16. The third-order valence-corrected chi connectivity index (χ3v) is 5.11. The van der Waals surface area contributed by atoms with Crippen molar-refractivity contribution in [3.8, 4) is 5.69 Å². The fourth-order valence-electron chi connectivity index (χ4n) is 3.37. The van der Waals surface area contributed by atoms with E-state index in [4.69, 9.17) is 16.3 Å². The zero-order valence-electron chi connectivity index (χ0n) is 15.4. The monoisotopic (exact) mass is 389 g/mol. The highest BCUT2D eigenvalue weighted by Crippen LogP contribution is 2.24. The summed E-state index contributed by atoms with van der Waals surface area (Å²) in [6, 6.07) is 9.46. The number of carbonyl (C=O) groups excluding carboxylic acids is 2. The van der Waals surface area contributed by atoms with Crippen molar-refractivity contribution >= 4 is 23.5 Å². The predicted octanol–water partition coefficient (Wildman–Crippen LogP) is 3.83. The summed E-state index contributed by atoms with van der Waals surface area (Å²) < 4.78 is 6.67. The smallest absolute Gasteiger partial charge is 0.343 e. The van der Waals surface area contributed by atoms with Crippen LogP contribution >= 0.6 is 11.6 Å². The van der Waals surface area contributed by atoms with Gasteiger partial charge in [-0.05, 0) is 31.9 Å². The third kappa shape index (κ3) is 4.89. The Morgan fingerprint density at radius 2 is 1.85 bits per heavy atom. The van der Waals surface area contributed by atoms with Crippen molar-refractivity contribution in [3.05, 3.63) is 46.7 Å². The van der Waals surface area contributed by atoms with E-state index in [1.165, 1.54) is 17.5 Å². The number of aryl methyl sites for hydroxylation is 1. The quantitative estimate of drug-likeness (QED) is 0.623. The van der Waals surface area contributed by atoms with Gasteiger partial charge in [0.15, 0.2) is 6.61 Å². The first-order valence-electron chi connectivity index (χ1n) is 9.33. The molecule has 0 bridgehead atoms. The summed E-state index contributed by atoms with van der Waals surface area (Å²) in [6.07, 6.45) is 6.63. The molecular formula is C20H24ClN3O3. The molecule has 1 aliphatic carbocycles. The Kier molecular flexibility index (Phi) is 6.50. The first-order chi connectivity index (χ1) is 13.1. The Morgan fingerprint density at radius 3 is 2.52 bits per heavy atom. The highest BCUT2D eigenvalue weighted by Gasteiger charge is 2.23. The van der Waals surface area contributed by atoms with Crippen LogP contribution in [0.3, 0.4) is 0 Å². The Balaban J connectivity index is 1.61. The van der Waals surface area contributed by atoms with E-state index in [0.717, 1.165) is 31.4 Å². The van der Waals surface area contributed by atoms with Gasteiger partial charge in [0.05, 0.1) is 11.4 Å². The number of rotatable bonds is 5. The highest BCUT2D eigenvalue weighted by atomic mass is 35.5. The van der Waals surface area contributed by atoms with Gasteiger partial charge in [-0.1, -0.05) is 55.5 Å². The molecule has 7 heteroatoms. The van der Waals surface area contributed by atoms with E-state index in [0.29, 0.717) is 5.69 Å². The summed E-state index contributed by atoms with van der Waals surface area (Å²) >= 11 is 6.35. The number of nitrogens with one attached hydrogen (secondary N) is 1. The summed E-state index contributed by atoms with van der Waals surface area (Å²) in [5.74, 6) is -0.921. The van der Waals surface area contributed by atoms with Crippen molar-refractivity contribution in [2.75, 3.05) is 6.61 Å². The van der Waals surface area contributed by atoms with Gasteiger partial charge in [-0.2, -0.15) is 5.10 Å². The zero-order valence-corrected chi connectivity index (χ0v) is 16.2. The zero-order chi connectivity index (χ0) is 19.2. The molecule has 1 N–H and O–H groups in total. The lowest BCUT2D eigenvalue weighted by Crippen LogP contribution is -2.37. The Bertz CT molecular complexity index is 796. The number of hydrogen-bond donors (Lipinski definition) is 1. The van der Waals surface area contributed by atoms with Crippen molar-refractivity contribution in [2.24, 2.45) is 0 Å². The molecule has 1 aromatic carbocycles. The van der Waals surface area contributed by atoms with E-state index >= 15 is 0 Å². The first-order valence-corrected chi connectivity index (χ1v) is 9.71. The minimum absolute atomic E-state index is 0.171. The molecule has 1 heterocycles. The number of halogens is 1. The van der Waals surface area contributed by atoms with Gasteiger partial charge in [0.2, 0.25) is 0 Å². The molecule has 6 nitrogen and oxygen atoms in total. The fourth-order valence-corrected chi connectivity index (χ4v) is 3.72. The standard InChI is InChI=1S/C20H24ClN3O3/c1-14-18(19(21)24(23-14)16-11-7-4-8-12-16)20(26)27-13-17(25)22-15-9-5-2-3-6-10-15/h4,7-8,11-12,15H,2-3,5-6,9-10,13H2,1H3,(H,22,25). The normalized spacial score (nSPS) is 15.2. The Hall–Kier alpha value is -2.34. The van der Waals surface area contributed by atoms with E-state index in [2.05, 4.69) is 10.4 Å². The Labute approximate surface area is 163 Å². The molecule has 0 saturated heterocycles. The van der Waals surface area contributed by atoms with Crippen LogP contribution in [0.5, 0.6) is 0 Å². The summed E-state index contributed by atoms with van der Waals surface area (Å²) in [6.45, 7) is 1.37. The Morgan fingerprint density at radius 1 is 1.19 bits per heavy atom. The largest absolute Gasteiger partial charge is 0.452 e. The lowest BCUT2D eigenvalue weighted by molar-refractivity contribution is -0.125. The maximum Gasteiger partial charge on any atom is 0.343 e. The molecule has 0 atom stereocenters. The SMILES string of the molecule is Cc1nn(-c2ccccc2)c(Cl)c1C(=O)OCC(=O)NC1CCCCCC1. The van der Waals surface area contributed by atoms with Crippen molar-refractivity contribution in [1.82, 2.24) is 15.1 Å². The van der Waals surface area contributed by atoms with E-state index in [1.54, 1.807) is 6.92 Å². The number of amides is 1. The summed E-state index contributed by atoms with van der Waals surface area (Å²) in [5, 5.41) is 7.45. The number of carbonyl (C=O) groups is 2. The summed E-state index contributed by atoms with van der Waals surface area (Å²) in [4.78, 5) is 24.6. The average molecular weight is 390 g/mol. The number of benzene rings is 1. The van der Waals surface area contributed by atoms with Crippen molar-refractivity contribution in [1.29, 1.82) is 0 Å². The molecule has 1 saturated carbocycles. The second-order valence-corrected chi connectivity index (χ2v) is 7.19. The van der Waals surface area contributed by atoms with Crippen LogP contribution in [-0.4, -0.2) is 34.3 Å². The molecule has 2 aromatic rings. The second-order valence-electron chi connectivity index (χ2n) is 6.83. The number of hydrogen-bond acceptors (Lipinski definition) is 4. The fraction of sp³-hybridized carbons (Fsp3) is 0.450. The molecule has 27 heavy (non-hydrogen) atoms. The van der Waals surface area contributed by atoms with Crippen molar-refractivity contribution in [3.63, 3.8) is 0 Å². The van der Waals surface area contributed by atoms with Crippen LogP contribution in [0.25, 0.3) is 5.69 Å². The molecular weight excluding hydrogens is 366 g/mol. The molecule has 1 fully saturated rings. The van der Waals surface area contributed by atoms with Crippen LogP contribution in [0.4, 0.5) is 0 Å². The second kappa shape index (κ2) is 9.04. The van der Waals surface area contributed by atoms with Crippen LogP contribution in [0.15, 0.2) is 30.3 Å². The molecule has 3 rings (SSSR count).